The van der Waals surface area contributed by atoms with Crippen molar-refractivity contribution in [3.05, 3.63) is 29.8 Å². The van der Waals surface area contributed by atoms with Crippen LogP contribution in [0.2, 0.25) is 0 Å². The van der Waals surface area contributed by atoms with Crippen molar-refractivity contribution in [3.63, 3.8) is 0 Å². The molecule has 0 fully saturated rings. The van der Waals surface area contributed by atoms with E-state index >= 15 is 0 Å². The van der Waals surface area contributed by atoms with Crippen molar-refractivity contribution in [3.8, 4) is 0 Å². The number of carbonyl (C=O) groups excluding carboxylic acids is 1. The Morgan fingerprint density at radius 3 is 2.65 bits per heavy atom. The number of hydrogen-bond acceptors (Lipinski definition) is 4. The smallest absolute Gasteiger partial charge is 0.306 e. The number of ether oxygens (including phenoxy) is 1. The minimum Gasteiger partial charge on any atom is -0.481 e. The van der Waals surface area contributed by atoms with E-state index in [9.17, 15) is 14.0 Å². The predicted molar refractivity (Wildman–Crippen MR) is 55.8 cm³/mol. The minimum atomic E-state index is -1.04. The summed E-state index contributed by atoms with van der Waals surface area (Å²) in [7, 11) is 1.23. The molecule has 1 aromatic rings. The third-order valence-corrected chi connectivity index (χ3v) is 2.28. The summed E-state index contributed by atoms with van der Waals surface area (Å²) in [5, 5.41) is 8.74. The van der Waals surface area contributed by atoms with Crippen LogP contribution in [0.5, 0.6) is 0 Å². The highest BCUT2D eigenvalue weighted by Crippen LogP contribution is 2.23. The van der Waals surface area contributed by atoms with Crippen molar-refractivity contribution in [2.45, 2.75) is 18.8 Å². The van der Waals surface area contributed by atoms with Crippen molar-refractivity contribution in [2.75, 3.05) is 7.11 Å². The highest BCUT2D eigenvalue weighted by Gasteiger charge is 2.20. The Hall–Kier alpha value is -1.98. The van der Waals surface area contributed by atoms with Crippen LogP contribution in [0.25, 0.3) is 0 Å². The van der Waals surface area contributed by atoms with Gasteiger partial charge in [0.05, 0.1) is 20.0 Å². The maximum absolute atomic E-state index is 12.6. The summed E-state index contributed by atoms with van der Waals surface area (Å²) in [6, 6.07) is 2.54. The van der Waals surface area contributed by atoms with Crippen LogP contribution in [0.15, 0.2) is 18.3 Å². The molecule has 1 aromatic heterocycles. The topological polar surface area (TPSA) is 76.5 Å². The molecule has 0 spiro atoms. The number of carboxylic acids is 1. The molecule has 1 rings (SSSR count). The average Bonchev–Trinajstić information content (AvgIpc) is 2.28. The summed E-state index contributed by atoms with van der Waals surface area (Å²) in [5.41, 5.74) is 0.499. The highest BCUT2D eigenvalue weighted by atomic mass is 19.1. The lowest BCUT2D eigenvalue weighted by Crippen LogP contribution is -2.13. The molecule has 1 unspecified atom stereocenters. The number of halogens is 1. The molecule has 17 heavy (non-hydrogen) atoms. The normalized spacial score (nSPS) is 11.9. The first kappa shape index (κ1) is 13.1. The number of hydrogen-bond donors (Lipinski definition) is 1. The van der Waals surface area contributed by atoms with Crippen LogP contribution >= 0.6 is 0 Å². The molecule has 0 aliphatic heterocycles. The van der Waals surface area contributed by atoms with Crippen LogP contribution in [0, 0.1) is 5.95 Å². The van der Waals surface area contributed by atoms with Gasteiger partial charge in [-0.3, -0.25) is 9.59 Å². The number of carboxylic acid groups (broad SMARTS) is 1. The molecule has 0 aromatic carbocycles. The van der Waals surface area contributed by atoms with Gasteiger partial charge in [-0.05, 0) is 11.6 Å². The molecule has 0 radical (unpaired) electrons. The number of esters is 1. The van der Waals surface area contributed by atoms with E-state index in [0.717, 1.165) is 6.07 Å². The summed E-state index contributed by atoms with van der Waals surface area (Å²) >= 11 is 0. The minimum absolute atomic E-state index is 0.0733. The van der Waals surface area contributed by atoms with Crippen molar-refractivity contribution < 1.29 is 23.8 Å². The fraction of sp³-hybridized carbons (Fsp3) is 0.364. The lowest BCUT2D eigenvalue weighted by Gasteiger charge is -2.13. The van der Waals surface area contributed by atoms with Crippen LogP contribution in [0.3, 0.4) is 0 Å². The van der Waals surface area contributed by atoms with E-state index in [1.165, 1.54) is 19.4 Å². The van der Waals surface area contributed by atoms with E-state index < -0.39 is 23.8 Å². The summed E-state index contributed by atoms with van der Waals surface area (Å²) in [6.07, 6.45) is 0.921. The van der Waals surface area contributed by atoms with Gasteiger partial charge in [0.25, 0.3) is 0 Å². The Labute approximate surface area is 97.2 Å². The maximum Gasteiger partial charge on any atom is 0.306 e. The Kier molecular flexibility index (Phi) is 4.56. The molecule has 0 saturated carbocycles. The van der Waals surface area contributed by atoms with Gasteiger partial charge in [0.2, 0.25) is 5.95 Å². The second-order valence-corrected chi connectivity index (χ2v) is 3.49. The van der Waals surface area contributed by atoms with Crippen molar-refractivity contribution in [1.29, 1.82) is 0 Å². The second kappa shape index (κ2) is 5.93. The van der Waals surface area contributed by atoms with Gasteiger partial charge in [-0.15, -0.1) is 0 Å². The van der Waals surface area contributed by atoms with Crippen LogP contribution in [0.4, 0.5) is 4.39 Å². The average molecular weight is 241 g/mol. The van der Waals surface area contributed by atoms with Gasteiger partial charge in [0.1, 0.15) is 0 Å². The molecule has 0 bridgehead atoms. The standard InChI is InChI=1S/C11H12FNO4/c1-17-11(16)5-8(4-10(14)15)7-2-3-9(12)13-6-7/h2-3,6,8H,4-5H2,1H3,(H,14,15). The molecule has 0 saturated heterocycles. The molecule has 6 heteroatoms. The zero-order chi connectivity index (χ0) is 12.8. The number of aliphatic carboxylic acids is 1. The van der Waals surface area contributed by atoms with Crippen molar-refractivity contribution in [1.82, 2.24) is 4.98 Å². The lowest BCUT2D eigenvalue weighted by molar-refractivity contribution is -0.141. The van der Waals surface area contributed by atoms with Crippen LogP contribution in [-0.2, 0) is 14.3 Å². The van der Waals surface area contributed by atoms with E-state index in [4.69, 9.17) is 5.11 Å². The van der Waals surface area contributed by atoms with Crippen molar-refractivity contribution in [2.24, 2.45) is 0 Å². The van der Waals surface area contributed by atoms with Crippen LogP contribution < -0.4 is 0 Å². The highest BCUT2D eigenvalue weighted by molar-refractivity contribution is 5.73. The zero-order valence-corrected chi connectivity index (χ0v) is 9.22. The number of aromatic nitrogens is 1. The Morgan fingerprint density at radius 1 is 1.47 bits per heavy atom. The predicted octanol–water partition coefficient (Wildman–Crippen LogP) is 1.34. The third-order valence-electron chi connectivity index (χ3n) is 2.28. The van der Waals surface area contributed by atoms with Gasteiger partial charge < -0.3 is 9.84 Å². The Balaban J connectivity index is 2.85. The van der Waals surface area contributed by atoms with Crippen molar-refractivity contribution >= 4 is 11.9 Å². The first-order chi connectivity index (χ1) is 8.02. The van der Waals surface area contributed by atoms with E-state index in [1.807, 2.05) is 0 Å². The molecular weight excluding hydrogens is 229 g/mol. The van der Waals surface area contributed by atoms with E-state index in [0.29, 0.717) is 5.56 Å². The fourth-order valence-electron chi connectivity index (χ4n) is 1.43. The molecule has 1 atom stereocenters. The van der Waals surface area contributed by atoms with Gasteiger partial charge in [0, 0.05) is 12.1 Å². The van der Waals surface area contributed by atoms with Gasteiger partial charge in [-0.2, -0.15) is 4.39 Å². The number of rotatable bonds is 5. The molecule has 0 aliphatic carbocycles. The fourth-order valence-corrected chi connectivity index (χ4v) is 1.43. The molecule has 92 valence electrons. The zero-order valence-electron chi connectivity index (χ0n) is 9.22. The van der Waals surface area contributed by atoms with E-state index in [-0.39, 0.29) is 12.8 Å². The quantitative estimate of drug-likeness (QED) is 0.621. The van der Waals surface area contributed by atoms with E-state index in [2.05, 4.69) is 9.72 Å². The Bertz CT molecular complexity index is 404. The van der Waals surface area contributed by atoms with E-state index in [1.54, 1.807) is 0 Å². The largest absolute Gasteiger partial charge is 0.481 e. The van der Waals surface area contributed by atoms with Gasteiger partial charge in [-0.1, -0.05) is 6.07 Å². The summed E-state index contributed by atoms with van der Waals surface area (Å²) in [4.78, 5) is 25.2. The first-order valence-corrected chi connectivity index (χ1v) is 4.93. The Morgan fingerprint density at radius 2 is 2.18 bits per heavy atom. The number of carbonyl (C=O) groups is 2. The van der Waals surface area contributed by atoms with Gasteiger partial charge in [-0.25, -0.2) is 4.98 Å². The number of pyridine rings is 1. The molecular formula is C11H12FNO4. The van der Waals surface area contributed by atoms with Gasteiger partial charge >= 0.3 is 11.9 Å². The summed E-state index contributed by atoms with van der Waals surface area (Å²) in [5.74, 6) is -2.77. The lowest BCUT2D eigenvalue weighted by atomic mass is 9.94. The number of nitrogens with zero attached hydrogens (tertiary/aromatic N) is 1. The molecule has 5 nitrogen and oxygen atoms in total. The SMILES string of the molecule is COC(=O)CC(CC(=O)O)c1ccc(F)nc1. The molecule has 0 amide bonds. The molecule has 0 aliphatic rings. The monoisotopic (exact) mass is 241 g/mol. The molecule has 1 N–H and O–H groups in total. The van der Waals surface area contributed by atoms with Gasteiger partial charge in [0.15, 0.2) is 0 Å². The maximum atomic E-state index is 12.6. The summed E-state index contributed by atoms with van der Waals surface area (Å²) in [6.45, 7) is 0. The summed E-state index contributed by atoms with van der Waals surface area (Å²) < 4.78 is 17.1. The van der Waals surface area contributed by atoms with Crippen LogP contribution in [-0.4, -0.2) is 29.1 Å². The first-order valence-electron chi connectivity index (χ1n) is 4.93. The second-order valence-electron chi connectivity index (χ2n) is 3.49. The number of methoxy groups -OCH3 is 1. The van der Waals surface area contributed by atoms with Crippen LogP contribution in [0.1, 0.15) is 24.3 Å². The molecule has 1 heterocycles. The third kappa shape index (κ3) is 4.18.